The molecule has 0 spiro atoms. The van der Waals surface area contributed by atoms with Crippen LogP contribution in [0.5, 0.6) is 0 Å². The van der Waals surface area contributed by atoms with Crippen LogP contribution in [0.1, 0.15) is 30.4 Å². The molecule has 0 bridgehead atoms. The lowest BCUT2D eigenvalue weighted by Crippen LogP contribution is -2.43. The van der Waals surface area contributed by atoms with E-state index in [0.29, 0.717) is 24.4 Å². The Balaban J connectivity index is 1.28. The van der Waals surface area contributed by atoms with Crippen LogP contribution in [-0.2, 0) is 10.3 Å². The number of rotatable bonds is 5. The molecule has 2 fully saturated rings. The zero-order valence-corrected chi connectivity index (χ0v) is 17.4. The van der Waals surface area contributed by atoms with Gasteiger partial charge in [0.25, 0.3) is 0 Å². The standard InChI is InChI=1S/C23H27ClN2O3/c1-17-3-2-4-20(15-17)26-16-21(29-22(26)27)9-12-25-13-10-23(28,11-14-25)18-5-7-19(24)8-6-18/h2-8,15,21,28H,9-14,16H2,1H3. The van der Waals surface area contributed by atoms with E-state index in [1.165, 1.54) is 0 Å². The Morgan fingerprint density at radius 3 is 2.59 bits per heavy atom. The number of likely N-dealkylation sites (tertiary alicyclic amines) is 1. The van der Waals surface area contributed by atoms with Crippen molar-refractivity contribution in [1.29, 1.82) is 0 Å². The minimum absolute atomic E-state index is 0.0971. The third-order valence-electron chi connectivity index (χ3n) is 6.02. The molecule has 2 heterocycles. The number of ether oxygens (including phenoxy) is 1. The molecule has 0 radical (unpaired) electrons. The van der Waals surface area contributed by atoms with E-state index in [-0.39, 0.29) is 12.2 Å². The van der Waals surface area contributed by atoms with Crippen LogP contribution in [0.25, 0.3) is 0 Å². The van der Waals surface area contributed by atoms with Gasteiger partial charge in [-0.25, -0.2) is 4.79 Å². The van der Waals surface area contributed by atoms with Crippen LogP contribution in [0.2, 0.25) is 5.02 Å². The lowest BCUT2D eigenvalue weighted by molar-refractivity contribution is -0.0275. The quantitative estimate of drug-likeness (QED) is 0.790. The van der Waals surface area contributed by atoms with E-state index in [1.807, 2.05) is 55.5 Å². The van der Waals surface area contributed by atoms with Crippen molar-refractivity contribution in [1.82, 2.24) is 4.90 Å². The average Bonchev–Trinajstić information content (AvgIpc) is 3.09. The molecule has 2 aromatic carbocycles. The number of aliphatic hydroxyl groups is 1. The van der Waals surface area contributed by atoms with Gasteiger partial charge in [-0.05, 0) is 61.6 Å². The molecule has 5 nitrogen and oxygen atoms in total. The first-order valence-corrected chi connectivity index (χ1v) is 10.6. The van der Waals surface area contributed by atoms with Gasteiger partial charge in [-0.1, -0.05) is 35.9 Å². The van der Waals surface area contributed by atoms with Crippen LogP contribution >= 0.6 is 11.6 Å². The normalized spacial score (nSPS) is 22.0. The molecule has 4 rings (SSSR count). The number of amides is 1. The molecule has 2 aliphatic rings. The Kier molecular flexibility index (Phi) is 5.81. The second-order valence-electron chi connectivity index (χ2n) is 8.12. The Morgan fingerprint density at radius 2 is 1.90 bits per heavy atom. The highest BCUT2D eigenvalue weighted by Crippen LogP contribution is 2.33. The fourth-order valence-corrected chi connectivity index (χ4v) is 4.33. The topological polar surface area (TPSA) is 53.0 Å². The molecular formula is C23H27ClN2O3. The highest BCUT2D eigenvalue weighted by Gasteiger charge is 2.36. The molecule has 1 amide bonds. The first kappa shape index (κ1) is 20.2. The number of nitrogens with zero attached hydrogens (tertiary/aromatic N) is 2. The van der Waals surface area contributed by atoms with Gasteiger partial charge in [-0.3, -0.25) is 4.90 Å². The van der Waals surface area contributed by atoms with E-state index in [2.05, 4.69) is 4.90 Å². The lowest BCUT2D eigenvalue weighted by atomic mass is 9.84. The van der Waals surface area contributed by atoms with Gasteiger partial charge in [-0.2, -0.15) is 0 Å². The fourth-order valence-electron chi connectivity index (χ4n) is 4.20. The smallest absolute Gasteiger partial charge is 0.414 e. The third kappa shape index (κ3) is 4.58. The van der Waals surface area contributed by atoms with Crippen molar-refractivity contribution in [3.05, 3.63) is 64.7 Å². The zero-order valence-electron chi connectivity index (χ0n) is 16.7. The molecule has 29 heavy (non-hydrogen) atoms. The first-order valence-electron chi connectivity index (χ1n) is 10.2. The summed E-state index contributed by atoms with van der Waals surface area (Å²) >= 11 is 5.96. The molecule has 2 aromatic rings. The van der Waals surface area contributed by atoms with Gasteiger partial charge >= 0.3 is 6.09 Å². The summed E-state index contributed by atoms with van der Waals surface area (Å²) < 4.78 is 5.58. The van der Waals surface area contributed by atoms with E-state index in [9.17, 15) is 9.90 Å². The van der Waals surface area contributed by atoms with Crippen molar-refractivity contribution in [3.63, 3.8) is 0 Å². The summed E-state index contributed by atoms with van der Waals surface area (Å²) in [6.45, 7) is 5.11. The summed E-state index contributed by atoms with van der Waals surface area (Å²) in [4.78, 5) is 16.3. The summed E-state index contributed by atoms with van der Waals surface area (Å²) in [5.41, 5.74) is 2.16. The summed E-state index contributed by atoms with van der Waals surface area (Å²) in [6, 6.07) is 15.4. The maximum atomic E-state index is 12.3. The van der Waals surface area contributed by atoms with Crippen LogP contribution in [0, 0.1) is 6.92 Å². The van der Waals surface area contributed by atoms with Gasteiger partial charge in [0.1, 0.15) is 6.10 Å². The Labute approximate surface area is 176 Å². The summed E-state index contributed by atoms with van der Waals surface area (Å²) in [5, 5.41) is 11.7. The second-order valence-corrected chi connectivity index (χ2v) is 8.56. The predicted molar refractivity (Wildman–Crippen MR) is 114 cm³/mol. The number of hydrogen-bond donors (Lipinski definition) is 1. The van der Waals surface area contributed by atoms with Crippen LogP contribution in [0.3, 0.4) is 0 Å². The van der Waals surface area contributed by atoms with Gasteiger partial charge in [0.15, 0.2) is 0 Å². The van der Waals surface area contributed by atoms with E-state index in [0.717, 1.165) is 42.9 Å². The second kappa shape index (κ2) is 8.34. The zero-order chi connectivity index (χ0) is 20.4. The highest BCUT2D eigenvalue weighted by atomic mass is 35.5. The predicted octanol–water partition coefficient (Wildman–Crippen LogP) is 4.35. The van der Waals surface area contributed by atoms with Crippen LogP contribution in [-0.4, -0.2) is 48.4 Å². The SMILES string of the molecule is Cc1cccc(N2CC(CCN3CCC(O)(c4ccc(Cl)cc4)CC3)OC2=O)c1. The molecule has 6 heteroatoms. The molecule has 1 atom stereocenters. The number of aryl methyl sites for hydroxylation is 1. The fraction of sp³-hybridized carbons (Fsp3) is 0.435. The Morgan fingerprint density at radius 1 is 1.17 bits per heavy atom. The maximum Gasteiger partial charge on any atom is 0.414 e. The monoisotopic (exact) mass is 414 g/mol. The molecule has 1 N–H and O–H groups in total. The summed E-state index contributed by atoms with van der Waals surface area (Å²) in [5.74, 6) is 0. The van der Waals surface area contributed by atoms with Crippen molar-refractivity contribution in [2.75, 3.05) is 31.1 Å². The number of cyclic esters (lactones) is 1. The minimum Gasteiger partial charge on any atom is -0.444 e. The number of carbonyl (C=O) groups is 1. The van der Waals surface area contributed by atoms with E-state index in [4.69, 9.17) is 16.3 Å². The van der Waals surface area contributed by atoms with Crippen LogP contribution in [0.15, 0.2) is 48.5 Å². The number of benzene rings is 2. The van der Waals surface area contributed by atoms with Crippen molar-refractivity contribution >= 4 is 23.4 Å². The van der Waals surface area contributed by atoms with Gasteiger partial charge in [0.2, 0.25) is 0 Å². The summed E-state index contributed by atoms with van der Waals surface area (Å²) in [6.07, 6.45) is 1.81. The van der Waals surface area contributed by atoms with Gasteiger partial charge in [0, 0.05) is 30.3 Å². The molecule has 154 valence electrons. The van der Waals surface area contributed by atoms with E-state index < -0.39 is 5.60 Å². The van der Waals surface area contributed by atoms with Gasteiger partial charge < -0.3 is 14.7 Å². The Bertz CT molecular complexity index is 863. The number of carbonyl (C=O) groups excluding carboxylic acids is 1. The van der Waals surface area contributed by atoms with Crippen LogP contribution in [0.4, 0.5) is 10.5 Å². The molecule has 0 saturated carbocycles. The first-order chi connectivity index (χ1) is 13.9. The van der Waals surface area contributed by atoms with Crippen molar-refractivity contribution in [3.8, 4) is 0 Å². The number of hydrogen-bond acceptors (Lipinski definition) is 4. The highest BCUT2D eigenvalue weighted by molar-refractivity contribution is 6.30. The molecule has 0 aliphatic carbocycles. The molecule has 2 saturated heterocycles. The van der Waals surface area contributed by atoms with Crippen molar-refractivity contribution in [2.24, 2.45) is 0 Å². The molecule has 2 aliphatic heterocycles. The van der Waals surface area contributed by atoms with E-state index in [1.54, 1.807) is 4.90 Å². The molecule has 0 aromatic heterocycles. The van der Waals surface area contributed by atoms with Gasteiger partial charge in [0.05, 0.1) is 12.1 Å². The van der Waals surface area contributed by atoms with Crippen molar-refractivity contribution < 1.29 is 14.6 Å². The van der Waals surface area contributed by atoms with Crippen molar-refractivity contribution in [2.45, 2.75) is 37.9 Å². The number of piperidine rings is 1. The number of halogens is 1. The lowest BCUT2D eigenvalue weighted by Gasteiger charge is -2.38. The van der Waals surface area contributed by atoms with Gasteiger partial charge in [-0.15, -0.1) is 0 Å². The van der Waals surface area contributed by atoms with Crippen LogP contribution < -0.4 is 4.90 Å². The third-order valence-corrected chi connectivity index (χ3v) is 6.27. The maximum absolute atomic E-state index is 12.3. The average molecular weight is 415 g/mol. The molecule has 1 unspecified atom stereocenters. The van der Waals surface area contributed by atoms with E-state index >= 15 is 0 Å². The Hall–Kier alpha value is -2.08. The number of anilines is 1. The minimum atomic E-state index is -0.789. The largest absolute Gasteiger partial charge is 0.444 e. The molecular weight excluding hydrogens is 388 g/mol. The summed E-state index contributed by atoms with van der Waals surface area (Å²) in [7, 11) is 0.